The third-order valence-electron chi connectivity index (χ3n) is 1.69. The van der Waals surface area contributed by atoms with Gasteiger partial charge in [-0.1, -0.05) is 0 Å². The molecule has 0 saturated carbocycles. The zero-order valence-electron chi connectivity index (χ0n) is 7.74. The third kappa shape index (κ3) is 3.31. The second-order valence-electron chi connectivity index (χ2n) is 2.62. The van der Waals surface area contributed by atoms with E-state index >= 15 is 0 Å². The monoisotopic (exact) mass is 384 g/mol. The van der Waals surface area contributed by atoms with Crippen LogP contribution in [0.15, 0.2) is 24.3 Å². The van der Waals surface area contributed by atoms with Gasteiger partial charge in [-0.15, -0.1) is 0 Å². The van der Waals surface area contributed by atoms with Crippen molar-refractivity contribution in [2.75, 3.05) is 13.4 Å². The molecule has 13 heavy (non-hydrogen) atoms. The van der Waals surface area contributed by atoms with Gasteiger partial charge in [0.15, 0.2) is 0 Å². The van der Waals surface area contributed by atoms with Crippen molar-refractivity contribution in [2.45, 2.75) is 0 Å². The number of rotatable bonds is 3. The van der Waals surface area contributed by atoms with Gasteiger partial charge in [0.1, 0.15) is 0 Å². The van der Waals surface area contributed by atoms with Gasteiger partial charge in [-0.25, -0.2) is 0 Å². The molecule has 0 N–H and O–H groups in total. The molecule has 0 atom stereocenters. The van der Waals surface area contributed by atoms with Crippen molar-refractivity contribution in [2.24, 2.45) is 0 Å². The van der Waals surface area contributed by atoms with Crippen LogP contribution in [0.1, 0.15) is 10.4 Å². The number of esters is 1. The molecule has 66 valence electrons. The van der Waals surface area contributed by atoms with E-state index in [-0.39, 0.29) is 5.97 Å². The van der Waals surface area contributed by atoms with Gasteiger partial charge in [-0.05, 0) is 0 Å². The summed E-state index contributed by atoms with van der Waals surface area (Å²) in [7, 11) is 3.38. The Morgan fingerprint density at radius 3 is 2.46 bits per heavy atom. The number of ether oxygens (including phenoxy) is 1. The summed E-state index contributed by atoms with van der Waals surface area (Å²) >= 11 is -0.877. The number of benzene rings is 1. The van der Waals surface area contributed by atoms with Gasteiger partial charge in [0.2, 0.25) is 0 Å². The Balaban J connectivity index is 2.75. The van der Waals surface area contributed by atoms with E-state index in [1.165, 1.54) is 10.2 Å². The first-order chi connectivity index (χ1) is 6.27. The molecule has 4 heteroatoms. The molecule has 0 heterocycles. The van der Waals surface area contributed by atoms with Gasteiger partial charge in [-0.2, -0.15) is 0 Å². The Hall–Kier alpha value is -0.0249. The van der Waals surface area contributed by atoms with Crippen LogP contribution in [0.2, 0.25) is 0 Å². The van der Waals surface area contributed by atoms with E-state index in [0.717, 1.165) is 0 Å². The number of hydrogen-bond donors (Lipinski definition) is 0. The van der Waals surface area contributed by atoms with Crippen LogP contribution in [0, 0.1) is 0 Å². The molecule has 0 aromatic heterocycles. The van der Waals surface area contributed by atoms with Crippen LogP contribution < -0.4 is 3.07 Å². The average Bonchev–Trinajstić information content (AvgIpc) is 2.18. The Morgan fingerprint density at radius 1 is 1.38 bits per heavy atom. The molecule has 0 fully saturated rings. The summed E-state index contributed by atoms with van der Waals surface area (Å²) in [5.41, 5.74) is 0.640. The normalized spacial score (nSPS) is 9.08. The van der Waals surface area contributed by atoms with Gasteiger partial charge >= 0.3 is 93.1 Å². The molecule has 0 aliphatic rings. The van der Waals surface area contributed by atoms with E-state index in [9.17, 15) is 4.79 Å². The second-order valence-corrected chi connectivity index (χ2v) is 16.8. The molecule has 0 unspecified atom stereocenters. The number of carbonyl (C=O) groups excluding carboxylic acids is 1. The zero-order valence-corrected chi connectivity index (χ0v) is 14.1. The molecule has 1 aromatic carbocycles. The Kier molecular flexibility index (Phi) is 4.81. The van der Waals surface area contributed by atoms with Gasteiger partial charge < -0.3 is 0 Å². The molecule has 1 aromatic rings. The van der Waals surface area contributed by atoms with Crippen molar-refractivity contribution in [1.29, 1.82) is 0 Å². The summed E-state index contributed by atoms with van der Waals surface area (Å²) in [6.45, 7) is 0. The maximum absolute atomic E-state index is 11.1. The fourth-order valence-corrected chi connectivity index (χ4v) is 8.60. The minimum atomic E-state index is -0.877. The van der Waals surface area contributed by atoms with Crippen LogP contribution in [0.5, 0.6) is 0 Å². The Bertz CT molecular complexity index is 284. The average molecular weight is 383 g/mol. The topological polar surface area (TPSA) is 26.3 Å². The first-order valence-electron chi connectivity index (χ1n) is 3.94. The maximum atomic E-state index is 11.1. The number of carbonyl (C=O) groups is 1. The van der Waals surface area contributed by atoms with E-state index in [0.29, 0.717) is 5.56 Å². The summed E-state index contributed by atoms with van der Waals surface area (Å²) in [5, 5.41) is 0. The fourth-order valence-electron chi connectivity index (χ4n) is 1.02. The molecule has 0 aliphatic heterocycles. The molecule has 0 amide bonds. The first-order valence-corrected chi connectivity index (χ1v) is 14.8. The predicted molar refractivity (Wildman–Crippen MR) is 50.9 cm³/mol. The first kappa shape index (κ1) is 11.1. The summed E-state index contributed by atoms with van der Waals surface area (Å²) in [6.07, 6.45) is 2.15. The van der Waals surface area contributed by atoms with Crippen molar-refractivity contribution < 1.29 is 32.6 Å². The van der Waals surface area contributed by atoms with Crippen molar-refractivity contribution in [3.05, 3.63) is 29.8 Å². The van der Waals surface area contributed by atoms with Gasteiger partial charge in [0.25, 0.3) is 0 Å². The summed E-state index contributed by atoms with van der Waals surface area (Å²) < 4.78 is 6.05. The Morgan fingerprint density at radius 2 is 2.00 bits per heavy atom. The van der Waals surface area contributed by atoms with Gasteiger partial charge in [0, 0.05) is 0 Å². The van der Waals surface area contributed by atoms with Gasteiger partial charge in [-0.3, -0.25) is 0 Å². The summed E-state index contributed by atoms with van der Waals surface area (Å²) in [4.78, 5) is 11.1. The minimum absolute atomic E-state index is 0.257. The van der Waals surface area contributed by atoms with Crippen LogP contribution in [0.25, 0.3) is 0 Å². The summed E-state index contributed by atoms with van der Waals surface area (Å²) in [6, 6.07) is 7.78. The van der Waals surface area contributed by atoms with Crippen LogP contribution in [-0.4, -0.2) is 19.3 Å². The molecule has 1 rings (SSSR count). The second kappa shape index (κ2) is 5.65. The Labute approximate surface area is 92.6 Å². The molecular weight excluding hydrogens is 373 g/mol. The van der Waals surface area contributed by atoms with Crippen molar-refractivity contribution in [3.8, 4) is 0 Å². The summed E-state index contributed by atoms with van der Waals surface area (Å²) in [5.74, 6) is -0.257. The van der Waals surface area contributed by atoms with Crippen LogP contribution in [0.3, 0.4) is 0 Å². The number of hydrogen-bond acceptors (Lipinski definition) is 3. The molecule has 0 aliphatic carbocycles. The van der Waals surface area contributed by atoms with E-state index in [1.54, 1.807) is 0 Å². The van der Waals surface area contributed by atoms with Crippen LogP contribution in [-0.2, 0) is 27.8 Å². The van der Waals surface area contributed by atoms with E-state index in [1.807, 2.05) is 32.5 Å². The molecule has 2 nitrogen and oxygen atoms in total. The van der Waals surface area contributed by atoms with Crippen LogP contribution in [0.4, 0.5) is 0 Å². The number of methoxy groups -OCH3 is 1. The molecule has 0 radical (unpaired) electrons. The van der Waals surface area contributed by atoms with Crippen molar-refractivity contribution >= 4 is 17.3 Å². The standard InChI is InChI=1S/C8H7O2.CH4S.Hg/c1-10-8(9)7-5-3-2-4-6-7;1-2;/h3-6H,1H3;2H,1H3;/q;;+1/p-1. The third-order valence-corrected chi connectivity index (χ3v) is 11.4. The van der Waals surface area contributed by atoms with Crippen LogP contribution >= 0.6 is 8.24 Å². The SMILES string of the molecule is COC(=O)c1cc[c]([Hg][S]C)cc1. The quantitative estimate of drug-likeness (QED) is 0.585. The van der Waals surface area contributed by atoms with Gasteiger partial charge in [0.05, 0.1) is 0 Å². The fraction of sp³-hybridized carbons (Fsp3) is 0.222. The van der Waals surface area contributed by atoms with E-state index < -0.39 is 23.1 Å². The molecule has 0 bridgehead atoms. The van der Waals surface area contributed by atoms with E-state index in [2.05, 4.69) is 11.0 Å². The van der Waals surface area contributed by atoms with Crippen molar-refractivity contribution in [1.82, 2.24) is 0 Å². The van der Waals surface area contributed by atoms with Crippen molar-refractivity contribution in [3.63, 3.8) is 0 Å². The van der Waals surface area contributed by atoms with E-state index in [4.69, 9.17) is 0 Å². The molecular formula is C9H10HgO2S. The zero-order chi connectivity index (χ0) is 9.68. The molecule has 0 spiro atoms. The predicted octanol–water partition coefficient (Wildman–Crippen LogP) is 1.46. The molecule has 0 saturated heterocycles.